The van der Waals surface area contributed by atoms with Gasteiger partial charge >= 0.3 is 0 Å². The van der Waals surface area contributed by atoms with Crippen molar-refractivity contribution in [1.82, 2.24) is 9.97 Å². The molecular formula is C14H18N4O. The van der Waals surface area contributed by atoms with Crippen molar-refractivity contribution in [3.05, 3.63) is 41.2 Å². The van der Waals surface area contributed by atoms with E-state index in [2.05, 4.69) is 21.5 Å². The van der Waals surface area contributed by atoms with Gasteiger partial charge < -0.3 is 10.2 Å². The smallest absolute Gasteiger partial charge is 0.227 e. The van der Waals surface area contributed by atoms with Crippen molar-refractivity contribution in [3.8, 4) is 11.6 Å². The van der Waals surface area contributed by atoms with Gasteiger partial charge in [0.1, 0.15) is 17.9 Å². The summed E-state index contributed by atoms with van der Waals surface area (Å²) in [6, 6.07) is 6.07. The van der Waals surface area contributed by atoms with Crippen LogP contribution in [-0.2, 0) is 6.42 Å². The van der Waals surface area contributed by atoms with Crippen LogP contribution < -0.4 is 16.0 Å². The fourth-order valence-electron chi connectivity index (χ4n) is 1.85. The third-order valence-electron chi connectivity index (χ3n) is 2.95. The Hall–Kier alpha value is -2.14. The Morgan fingerprint density at radius 1 is 1.26 bits per heavy atom. The number of hydrogen-bond donors (Lipinski definition) is 2. The molecule has 100 valence electrons. The number of nitrogens with one attached hydrogen (secondary N) is 1. The van der Waals surface area contributed by atoms with E-state index < -0.39 is 0 Å². The molecule has 0 spiro atoms. The number of anilines is 1. The zero-order valence-corrected chi connectivity index (χ0v) is 11.4. The quantitative estimate of drug-likeness (QED) is 0.651. The van der Waals surface area contributed by atoms with E-state index in [1.165, 1.54) is 6.33 Å². The minimum Gasteiger partial charge on any atom is -0.438 e. The van der Waals surface area contributed by atoms with E-state index in [-0.39, 0.29) is 0 Å². The molecule has 0 aliphatic rings. The van der Waals surface area contributed by atoms with Gasteiger partial charge in [0.25, 0.3) is 0 Å². The van der Waals surface area contributed by atoms with Gasteiger partial charge in [-0.1, -0.05) is 19.1 Å². The highest BCUT2D eigenvalue weighted by Crippen LogP contribution is 2.29. The molecule has 1 heterocycles. The van der Waals surface area contributed by atoms with Crippen LogP contribution in [0.25, 0.3) is 0 Å². The SMILES string of the molecule is CCc1c(NN)ncnc1Oc1cc(C)ccc1C. The number of benzene rings is 1. The maximum absolute atomic E-state index is 5.91. The van der Waals surface area contributed by atoms with E-state index >= 15 is 0 Å². The predicted octanol–water partition coefficient (Wildman–Crippen LogP) is 2.73. The Kier molecular flexibility index (Phi) is 3.97. The molecule has 2 aromatic rings. The van der Waals surface area contributed by atoms with Gasteiger partial charge in [0.05, 0.1) is 5.56 Å². The normalized spacial score (nSPS) is 10.3. The lowest BCUT2D eigenvalue weighted by Crippen LogP contribution is -2.12. The number of aromatic nitrogens is 2. The summed E-state index contributed by atoms with van der Waals surface area (Å²) in [6.45, 7) is 6.04. The summed E-state index contributed by atoms with van der Waals surface area (Å²) in [4.78, 5) is 8.28. The van der Waals surface area contributed by atoms with Crippen molar-refractivity contribution in [2.24, 2.45) is 5.84 Å². The topological polar surface area (TPSA) is 73.1 Å². The summed E-state index contributed by atoms with van der Waals surface area (Å²) in [5, 5.41) is 0. The largest absolute Gasteiger partial charge is 0.438 e. The van der Waals surface area contributed by atoms with Crippen LogP contribution in [0.2, 0.25) is 0 Å². The summed E-state index contributed by atoms with van der Waals surface area (Å²) >= 11 is 0. The Labute approximate surface area is 112 Å². The first-order valence-electron chi connectivity index (χ1n) is 6.21. The molecule has 0 saturated carbocycles. The van der Waals surface area contributed by atoms with Gasteiger partial charge in [0, 0.05) is 0 Å². The number of ether oxygens (including phenoxy) is 1. The van der Waals surface area contributed by atoms with E-state index in [0.717, 1.165) is 28.9 Å². The Morgan fingerprint density at radius 2 is 2.05 bits per heavy atom. The molecule has 0 aliphatic carbocycles. The molecule has 0 fully saturated rings. The molecule has 2 rings (SSSR count). The first-order valence-corrected chi connectivity index (χ1v) is 6.21. The maximum atomic E-state index is 5.91. The number of rotatable bonds is 4. The van der Waals surface area contributed by atoms with Gasteiger partial charge in [0.15, 0.2) is 0 Å². The van der Waals surface area contributed by atoms with Crippen LogP contribution in [0.15, 0.2) is 24.5 Å². The number of nitrogen functional groups attached to an aromatic ring is 1. The van der Waals surface area contributed by atoms with Gasteiger partial charge in [0.2, 0.25) is 5.88 Å². The molecule has 0 aliphatic heterocycles. The van der Waals surface area contributed by atoms with Crippen molar-refractivity contribution in [1.29, 1.82) is 0 Å². The van der Waals surface area contributed by atoms with Crippen LogP contribution >= 0.6 is 0 Å². The van der Waals surface area contributed by atoms with E-state index in [9.17, 15) is 0 Å². The van der Waals surface area contributed by atoms with Gasteiger partial charge in [-0.15, -0.1) is 0 Å². The summed E-state index contributed by atoms with van der Waals surface area (Å²) in [7, 11) is 0. The van der Waals surface area contributed by atoms with E-state index in [1.54, 1.807) is 0 Å². The lowest BCUT2D eigenvalue weighted by molar-refractivity contribution is 0.452. The average Bonchev–Trinajstić information content (AvgIpc) is 2.42. The van der Waals surface area contributed by atoms with E-state index in [1.807, 2.05) is 32.9 Å². The van der Waals surface area contributed by atoms with Crippen LogP contribution in [0.3, 0.4) is 0 Å². The van der Waals surface area contributed by atoms with Crippen molar-refractivity contribution in [3.63, 3.8) is 0 Å². The molecule has 1 aromatic heterocycles. The van der Waals surface area contributed by atoms with Crippen molar-refractivity contribution in [2.45, 2.75) is 27.2 Å². The molecule has 0 bridgehead atoms. The summed E-state index contributed by atoms with van der Waals surface area (Å²) in [6.07, 6.45) is 2.18. The molecule has 3 N–H and O–H groups in total. The molecule has 0 radical (unpaired) electrons. The second-order valence-corrected chi connectivity index (χ2v) is 4.37. The van der Waals surface area contributed by atoms with Crippen molar-refractivity contribution in [2.75, 3.05) is 5.43 Å². The first-order chi connectivity index (χ1) is 9.15. The second kappa shape index (κ2) is 5.67. The van der Waals surface area contributed by atoms with Crippen LogP contribution in [0, 0.1) is 13.8 Å². The lowest BCUT2D eigenvalue weighted by atomic mass is 10.1. The fraction of sp³-hybridized carbons (Fsp3) is 0.286. The van der Waals surface area contributed by atoms with Gasteiger partial charge in [-0.25, -0.2) is 15.8 Å². The standard InChI is InChI=1S/C14H18N4O/c1-4-11-13(18-15)16-8-17-14(11)19-12-7-9(2)5-6-10(12)3/h5-8H,4,15H2,1-3H3,(H,16,17,18). The van der Waals surface area contributed by atoms with Crippen LogP contribution in [0.4, 0.5) is 5.82 Å². The maximum Gasteiger partial charge on any atom is 0.227 e. The molecule has 1 aromatic carbocycles. The molecule has 0 amide bonds. The molecule has 19 heavy (non-hydrogen) atoms. The number of hydrazine groups is 1. The predicted molar refractivity (Wildman–Crippen MR) is 75.2 cm³/mol. The van der Waals surface area contributed by atoms with Crippen LogP contribution in [-0.4, -0.2) is 9.97 Å². The molecule has 5 nitrogen and oxygen atoms in total. The molecule has 0 atom stereocenters. The highest BCUT2D eigenvalue weighted by Gasteiger charge is 2.12. The van der Waals surface area contributed by atoms with E-state index in [0.29, 0.717) is 11.7 Å². The highest BCUT2D eigenvalue weighted by atomic mass is 16.5. The van der Waals surface area contributed by atoms with Crippen LogP contribution in [0.1, 0.15) is 23.6 Å². The number of hydrogen-bond acceptors (Lipinski definition) is 5. The Balaban J connectivity index is 2.40. The molecule has 0 unspecified atom stereocenters. The number of aryl methyl sites for hydroxylation is 2. The average molecular weight is 258 g/mol. The Bertz CT molecular complexity index is 584. The Morgan fingerprint density at radius 3 is 2.74 bits per heavy atom. The molecular weight excluding hydrogens is 240 g/mol. The summed E-state index contributed by atoms with van der Waals surface area (Å²) in [5.74, 6) is 7.38. The van der Waals surface area contributed by atoms with Gasteiger partial charge in [-0.3, -0.25) is 0 Å². The number of nitrogens with zero attached hydrogens (tertiary/aromatic N) is 2. The first kappa shape index (κ1) is 13.3. The highest BCUT2D eigenvalue weighted by molar-refractivity contribution is 5.49. The van der Waals surface area contributed by atoms with Gasteiger partial charge in [-0.2, -0.15) is 0 Å². The van der Waals surface area contributed by atoms with Crippen LogP contribution in [0.5, 0.6) is 11.6 Å². The fourth-order valence-corrected chi connectivity index (χ4v) is 1.85. The minimum absolute atomic E-state index is 0.541. The summed E-state index contributed by atoms with van der Waals surface area (Å²) < 4.78 is 5.91. The summed E-state index contributed by atoms with van der Waals surface area (Å²) in [5.41, 5.74) is 5.64. The third-order valence-corrected chi connectivity index (χ3v) is 2.95. The second-order valence-electron chi connectivity index (χ2n) is 4.37. The number of nitrogens with two attached hydrogens (primary N) is 1. The van der Waals surface area contributed by atoms with Crippen molar-refractivity contribution >= 4 is 5.82 Å². The van der Waals surface area contributed by atoms with Gasteiger partial charge in [-0.05, 0) is 37.5 Å². The monoisotopic (exact) mass is 258 g/mol. The van der Waals surface area contributed by atoms with E-state index in [4.69, 9.17) is 10.6 Å². The van der Waals surface area contributed by atoms with Crippen molar-refractivity contribution < 1.29 is 4.74 Å². The zero-order valence-electron chi connectivity index (χ0n) is 11.4. The molecule has 5 heteroatoms. The third kappa shape index (κ3) is 2.82. The minimum atomic E-state index is 0.541. The zero-order chi connectivity index (χ0) is 13.8. The molecule has 0 saturated heterocycles. The lowest BCUT2D eigenvalue weighted by Gasteiger charge is -2.13.